The van der Waals surface area contributed by atoms with Crippen molar-refractivity contribution in [2.75, 3.05) is 31.9 Å². The molecule has 9 heteroatoms. The topological polar surface area (TPSA) is 84.2 Å². The Hall–Kier alpha value is -1.64. The summed E-state index contributed by atoms with van der Waals surface area (Å²) in [6.07, 6.45) is 4.28. The summed E-state index contributed by atoms with van der Waals surface area (Å²) >= 11 is 1.49. The first-order valence-electron chi connectivity index (χ1n) is 9.46. The molecule has 0 atom stereocenters. The van der Waals surface area contributed by atoms with E-state index in [1.165, 1.54) is 11.8 Å². The zero-order valence-corrected chi connectivity index (χ0v) is 16.5. The van der Waals surface area contributed by atoms with Crippen molar-refractivity contribution in [2.24, 2.45) is 18.9 Å². The number of carbonyl (C=O) groups is 2. The third-order valence-electron chi connectivity index (χ3n) is 5.42. The van der Waals surface area contributed by atoms with Crippen LogP contribution in [-0.4, -0.2) is 73.8 Å². The van der Waals surface area contributed by atoms with E-state index in [4.69, 9.17) is 0 Å². The molecule has 2 amide bonds. The number of hydrogen-bond donors (Lipinski definition) is 0. The lowest BCUT2D eigenvalue weighted by Crippen LogP contribution is -2.46. The molecule has 1 aromatic heterocycles. The molecule has 3 heterocycles. The summed E-state index contributed by atoms with van der Waals surface area (Å²) in [5, 5.41) is 12.0. The van der Waals surface area contributed by atoms with Crippen LogP contribution in [0.4, 0.5) is 0 Å². The van der Waals surface area contributed by atoms with E-state index in [0.29, 0.717) is 31.2 Å². The highest BCUT2D eigenvalue weighted by molar-refractivity contribution is 7.99. The molecule has 8 nitrogen and oxygen atoms in total. The van der Waals surface area contributed by atoms with Crippen LogP contribution < -0.4 is 0 Å². The fraction of sp³-hybridized carbons (Fsp3) is 0.824. The third-order valence-corrected chi connectivity index (χ3v) is 6.43. The molecule has 0 spiro atoms. The van der Waals surface area contributed by atoms with Crippen molar-refractivity contribution in [2.45, 2.75) is 44.2 Å². The molecule has 1 aromatic rings. The number of thioether (sulfide) groups is 1. The summed E-state index contributed by atoms with van der Waals surface area (Å²) in [6.45, 7) is 5.43. The molecular weight excluding hydrogens is 352 g/mol. The molecular formula is C17H28N6O2S. The quantitative estimate of drug-likeness (QED) is 0.714. The van der Waals surface area contributed by atoms with Crippen LogP contribution in [0.3, 0.4) is 0 Å². The number of aromatic nitrogens is 4. The minimum absolute atomic E-state index is 0.0894. The third kappa shape index (κ3) is 4.75. The SMILES string of the molecule is CC1CCN(C(=O)C2CCN(C(=O)CCSc3nnnn3C)CC2)CC1. The van der Waals surface area contributed by atoms with Gasteiger partial charge in [0, 0.05) is 51.3 Å². The second kappa shape index (κ2) is 8.83. The van der Waals surface area contributed by atoms with Crippen LogP contribution >= 0.6 is 11.8 Å². The van der Waals surface area contributed by atoms with Crippen molar-refractivity contribution in [1.82, 2.24) is 30.0 Å². The van der Waals surface area contributed by atoms with E-state index in [1.807, 2.05) is 9.80 Å². The van der Waals surface area contributed by atoms with Gasteiger partial charge >= 0.3 is 0 Å². The zero-order chi connectivity index (χ0) is 18.5. The Balaban J connectivity index is 1.38. The zero-order valence-electron chi connectivity index (χ0n) is 15.6. The molecule has 2 saturated heterocycles. The molecule has 0 bridgehead atoms. The van der Waals surface area contributed by atoms with Crippen molar-refractivity contribution in [1.29, 1.82) is 0 Å². The first kappa shape index (κ1) is 19.1. The van der Waals surface area contributed by atoms with Gasteiger partial charge in [-0.25, -0.2) is 4.68 Å². The lowest BCUT2D eigenvalue weighted by molar-refractivity contribution is -0.141. The number of nitrogens with zero attached hydrogens (tertiary/aromatic N) is 6. The molecule has 26 heavy (non-hydrogen) atoms. The van der Waals surface area contributed by atoms with Crippen LogP contribution in [0.5, 0.6) is 0 Å². The highest BCUT2D eigenvalue weighted by Gasteiger charge is 2.31. The Labute approximate surface area is 158 Å². The maximum atomic E-state index is 12.7. The Morgan fingerprint density at radius 1 is 1.08 bits per heavy atom. The van der Waals surface area contributed by atoms with Gasteiger partial charge in [0.1, 0.15) is 0 Å². The number of hydrogen-bond acceptors (Lipinski definition) is 6. The van der Waals surface area contributed by atoms with E-state index < -0.39 is 0 Å². The van der Waals surface area contributed by atoms with Crippen molar-refractivity contribution < 1.29 is 9.59 Å². The molecule has 0 aliphatic carbocycles. The average Bonchev–Trinajstić information content (AvgIpc) is 3.07. The smallest absolute Gasteiger partial charge is 0.225 e. The second-order valence-electron chi connectivity index (χ2n) is 7.35. The number of amides is 2. The van der Waals surface area contributed by atoms with Crippen molar-refractivity contribution in [3.8, 4) is 0 Å². The first-order chi connectivity index (χ1) is 12.5. The maximum absolute atomic E-state index is 12.7. The van der Waals surface area contributed by atoms with Crippen molar-refractivity contribution in [3.05, 3.63) is 0 Å². The van der Waals surface area contributed by atoms with Crippen LogP contribution in [-0.2, 0) is 16.6 Å². The minimum Gasteiger partial charge on any atom is -0.343 e. The predicted octanol–water partition coefficient (Wildman–Crippen LogP) is 1.19. The number of carbonyl (C=O) groups excluding carboxylic acids is 2. The fourth-order valence-electron chi connectivity index (χ4n) is 3.59. The summed E-state index contributed by atoms with van der Waals surface area (Å²) < 4.78 is 1.60. The van der Waals surface area contributed by atoms with E-state index in [1.54, 1.807) is 11.7 Å². The average molecular weight is 381 g/mol. The molecule has 144 valence electrons. The number of aryl methyl sites for hydroxylation is 1. The Morgan fingerprint density at radius 2 is 1.73 bits per heavy atom. The van der Waals surface area contributed by atoms with Gasteiger partial charge in [-0.2, -0.15) is 0 Å². The fourth-order valence-corrected chi connectivity index (χ4v) is 4.37. The van der Waals surface area contributed by atoms with Gasteiger partial charge < -0.3 is 9.80 Å². The first-order valence-corrected chi connectivity index (χ1v) is 10.4. The maximum Gasteiger partial charge on any atom is 0.225 e. The Morgan fingerprint density at radius 3 is 2.35 bits per heavy atom. The number of likely N-dealkylation sites (tertiary alicyclic amines) is 2. The van der Waals surface area contributed by atoms with Crippen molar-refractivity contribution >= 4 is 23.6 Å². The van der Waals surface area contributed by atoms with Gasteiger partial charge in [0.25, 0.3) is 0 Å². The molecule has 3 rings (SSSR count). The molecule has 0 unspecified atom stereocenters. The highest BCUT2D eigenvalue weighted by Crippen LogP contribution is 2.24. The van der Waals surface area contributed by atoms with Crippen LogP contribution in [0, 0.1) is 11.8 Å². The normalized spacial score (nSPS) is 19.8. The molecule has 0 N–H and O–H groups in total. The molecule has 2 fully saturated rings. The van der Waals surface area contributed by atoms with Crippen LogP contribution in [0.2, 0.25) is 0 Å². The summed E-state index contributed by atoms with van der Waals surface area (Å²) in [5.74, 6) is 1.94. The van der Waals surface area contributed by atoms with E-state index >= 15 is 0 Å². The Kier molecular flexibility index (Phi) is 6.50. The van der Waals surface area contributed by atoms with Gasteiger partial charge in [0.2, 0.25) is 17.0 Å². The molecule has 0 saturated carbocycles. The van der Waals surface area contributed by atoms with E-state index in [-0.39, 0.29) is 11.8 Å². The van der Waals surface area contributed by atoms with E-state index in [0.717, 1.165) is 49.8 Å². The lowest BCUT2D eigenvalue weighted by atomic mass is 9.92. The molecule has 2 aliphatic heterocycles. The summed E-state index contributed by atoms with van der Waals surface area (Å²) in [4.78, 5) is 29.0. The van der Waals surface area contributed by atoms with Crippen molar-refractivity contribution in [3.63, 3.8) is 0 Å². The standard InChI is InChI=1S/C17H28N6O2S/c1-13-3-8-23(9-4-13)16(25)14-5-10-22(11-6-14)15(24)7-12-26-17-18-19-20-21(17)2/h13-14H,3-12H2,1-2H3. The summed E-state index contributed by atoms with van der Waals surface area (Å²) in [5.41, 5.74) is 0. The van der Waals surface area contributed by atoms with Gasteiger partial charge in [0.05, 0.1) is 0 Å². The molecule has 2 aliphatic rings. The van der Waals surface area contributed by atoms with E-state index in [9.17, 15) is 9.59 Å². The van der Waals surface area contributed by atoms with Gasteiger partial charge in [-0.15, -0.1) is 5.10 Å². The second-order valence-corrected chi connectivity index (χ2v) is 8.41. The Bertz CT molecular complexity index is 621. The lowest BCUT2D eigenvalue weighted by Gasteiger charge is -2.36. The van der Waals surface area contributed by atoms with Gasteiger partial charge in [-0.05, 0) is 42.0 Å². The molecule has 0 aromatic carbocycles. The van der Waals surface area contributed by atoms with Crippen LogP contribution in [0.25, 0.3) is 0 Å². The number of piperidine rings is 2. The van der Waals surface area contributed by atoms with Gasteiger partial charge in [-0.3, -0.25) is 9.59 Å². The number of rotatable bonds is 5. The highest BCUT2D eigenvalue weighted by atomic mass is 32.2. The predicted molar refractivity (Wildman–Crippen MR) is 98.4 cm³/mol. The van der Waals surface area contributed by atoms with Gasteiger partial charge in [0.15, 0.2) is 0 Å². The summed E-state index contributed by atoms with van der Waals surface area (Å²) in [6, 6.07) is 0. The summed E-state index contributed by atoms with van der Waals surface area (Å²) in [7, 11) is 1.79. The largest absolute Gasteiger partial charge is 0.343 e. The number of tetrazole rings is 1. The monoisotopic (exact) mass is 380 g/mol. The minimum atomic E-state index is 0.0894. The molecule has 0 radical (unpaired) electrons. The van der Waals surface area contributed by atoms with Crippen LogP contribution in [0.15, 0.2) is 5.16 Å². The van der Waals surface area contributed by atoms with Crippen LogP contribution in [0.1, 0.15) is 39.0 Å². The van der Waals surface area contributed by atoms with Gasteiger partial charge in [-0.1, -0.05) is 18.7 Å². The van der Waals surface area contributed by atoms with E-state index in [2.05, 4.69) is 22.4 Å².